The summed E-state index contributed by atoms with van der Waals surface area (Å²) in [5.74, 6) is -1.09. The average Bonchev–Trinajstić information content (AvgIpc) is 3.51. The number of nitrogens with one attached hydrogen (secondary N) is 2. The molecule has 4 aliphatic rings. The third-order valence-corrected chi connectivity index (χ3v) is 8.69. The Labute approximate surface area is 272 Å². The molecule has 2 fully saturated rings. The van der Waals surface area contributed by atoms with Crippen LogP contribution < -0.4 is 15.5 Å². The van der Waals surface area contributed by atoms with Crippen LogP contribution in [0, 0.1) is 35.3 Å². The summed E-state index contributed by atoms with van der Waals surface area (Å²) in [5.41, 5.74) is 0.412. The first-order chi connectivity index (χ1) is 22.9. The number of benzene rings is 2. The van der Waals surface area contributed by atoms with E-state index >= 15 is 0 Å². The first kappa shape index (κ1) is 32.1. The molecule has 246 valence electrons. The fourth-order valence-corrected chi connectivity index (χ4v) is 6.16. The minimum absolute atomic E-state index is 0.00960. The highest BCUT2D eigenvalue weighted by atomic mass is 19.4. The van der Waals surface area contributed by atoms with Crippen LogP contribution in [0.25, 0.3) is 0 Å². The van der Waals surface area contributed by atoms with Crippen LogP contribution in [0.15, 0.2) is 60.3 Å². The largest absolute Gasteiger partial charge is 0.416 e. The maximum absolute atomic E-state index is 14.3. The number of alkyl halides is 3. The van der Waals surface area contributed by atoms with E-state index in [1.807, 2.05) is 10.2 Å². The number of carbonyl (C=O) groups is 5. The molecule has 2 aromatic rings. The van der Waals surface area contributed by atoms with Crippen LogP contribution in [0.2, 0.25) is 0 Å². The van der Waals surface area contributed by atoms with Crippen LogP contribution in [0.4, 0.5) is 18.9 Å². The summed E-state index contributed by atoms with van der Waals surface area (Å²) >= 11 is 0. The number of amides is 5. The van der Waals surface area contributed by atoms with Gasteiger partial charge in [-0.25, -0.2) is 5.01 Å². The number of rotatable bonds is 6. The molecule has 0 bridgehead atoms. The van der Waals surface area contributed by atoms with Gasteiger partial charge in [-0.3, -0.25) is 44.5 Å². The zero-order valence-electron chi connectivity index (χ0n) is 25.5. The molecule has 0 aromatic heterocycles. The molecule has 48 heavy (non-hydrogen) atoms. The van der Waals surface area contributed by atoms with E-state index in [-0.39, 0.29) is 36.4 Å². The Hall–Kier alpha value is -5.83. The third-order valence-electron chi connectivity index (χ3n) is 8.69. The maximum atomic E-state index is 14.3. The van der Waals surface area contributed by atoms with E-state index in [1.165, 1.54) is 29.2 Å². The van der Waals surface area contributed by atoms with Gasteiger partial charge in [0.15, 0.2) is 6.19 Å². The summed E-state index contributed by atoms with van der Waals surface area (Å²) in [6.07, 6.45) is -2.16. The lowest BCUT2D eigenvalue weighted by molar-refractivity contribution is -0.136. The Morgan fingerprint density at radius 1 is 1.06 bits per heavy atom. The highest BCUT2D eigenvalue weighted by Gasteiger charge is 2.48. The lowest BCUT2D eigenvalue weighted by Crippen LogP contribution is -2.54. The van der Waals surface area contributed by atoms with E-state index < -0.39 is 59.3 Å². The van der Waals surface area contributed by atoms with E-state index in [1.54, 1.807) is 42.5 Å². The van der Waals surface area contributed by atoms with Crippen molar-refractivity contribution in [2.24, 2.45) is 11.8 Å². The molecule has 3 unspecified atom stereocenters. The van der Waals surface area contributed by atoms with E-state index in [2.05, 4.69) is 17.3 Å². The quantitative estimate of drug-likeness (QED) is 0.207. The summed E-state index contributed by atoms with van der Waals surface area (Å²) < 4.78 is 42.9. The van der Waals surface area contributed by atoms with Crippen molar-refractivity contribution < 1.29 is 37.1 Å². The van der Waals surface area contributed by atoms with Gasteiger partial charge in [0, 0.05) is 37.4 Å². The molecule has 6 rings (SSSR count). The summed E-state index contributed by atoms with van der Waals surface area (Å²) in [6, 6.07) is 13.4. The van der Waals surface area contributed by atoms with Gasteiger partial charge in [0.2, 0.25) is 17.7 Å². The molecule has 4 heterocycles. The Kier molecular flexibility index (Phi) is 8.30. The molecule has 0 radical (unpaired) electrons. The second-order valence-corrected chi connectivity index (χ2v) is 11.9. The van der Waals surface area contributed by atoms with Gasteiger partial charge in [-0.2, -0.15) is 18.4 Å². The second kappa shape index (κ2) is 12.4. The van der Waals surface area contributed by atoms with Crippen molar-refractivity contribution in [3.05, 3.63) is 77.0 Å². The Balaban J connectivity index is 1.20. The van der Waals surface area contributed by atoms with Crippen LogP contribution >= 0.6 is 0 Å². The van der Waals surface area contributed by atoms with Crippen molar-refractivity contribution in [2.75, 3.05) is 24.5 Å². The molecular formula is C33H28F3N7O5. The Morgan fingerprint density at radius 3 is 2.44 bits per heavy atom. The molecule has 2 aromatic carbocycles. The van der Waals surface area contributed by atoms with Crippen LogP contribution in [0.5, 0.6) is 0 Å². The number of hydrogen-bond donors (Lipinski definition) is 2. The SMILES string of the molecule is CC(CN1C=C(C(F)(F)F)C(c2ccccc2)N1C#CC1CN(c2ccc3c(c2)C(=O)N(C2CCC(=O)NC2=O)C3=O)C1)C(=O)NC#N. The van der Waals surface area contributed by atoms with Crippen LogP contribution in [0.1, 0.15) is 52.1 Å². The number of hydrogen-bond acceptors (Lipinski definition) is 9. The van der Waals surface area contributed by atoms with E-state index in [9.17, 15) is 37.1 Å². The van der Waals surface area contributed by atoms with Gasteiger partial charge in [-0.15, -0.1) is 0 Å². The van der Waals surface area contributed by atoms with Gasteiger partial charge in [-0.1, -0.05) is 43.2 Å². The first-order valence-corrected chi connectivity index (χ1v) is 15.1. The van der Waals surface area contributed by atoms with Gasteiger partial charge >= 0.3 is 6.18 Å². The Bertz CT molecular complexity index is 1840. The number of halogens is 3. The molecule has 3 atom stereocenters. The first-order valence-electron chi connectivity index (χ1n) is 15.1. The second-order valence-electron chi connectivity index (χ2n) is 11.9. The van der Waals surface area contributed by atoms with Crippen molar-refractivity contribution in [3.63, 3.8) is 0 Å². The number of nitriles is 1. The summed E-state index contributed by atoms with van der Waals surface area (Å²) in [7, 11) is 0. The normalized spacial score (nSPS) is 21.5. The lowest BCUT2D eigenvalue weighted by Gasteiger charge is -2.39. The number of carbonyl (C=O) groups excluding carboxylic acids is 5. The van der Waals surface area contributed by atoms with Crippen molar-refractivity contribution in [1.29, 1.82) is 5.26 Å². The summed E-state index contributed by atoms with van der Waals surface area (Å²) in [4.78, 5) is 65.2. The standard InChI is InChI=1S/C33H28F3N7O5/c1-19(29(45)38-18-37)14-41-17-25(33(34,35)36)28(21-5-3-2-4-6-21)42(41)12-11-20-15-40(16-20)22-7-8-23-24(13-22)32(48)43(31(23)47)26-9-10-27(44)39-30(26)46/h2-8,13,17,19-20,26,28H,9-10,14-16H2,1H3,(H,38,45)(H,39,44,46). The molecule has 0 spiro atoms. The molecule has 0 saturated carbocycles. The fraction of sp³-hybridized carbons (Fsp3) is 0.333. The molecule has 2 saturated heterocycles. The number of nitrogens with zero attached hydrogens (tertiary/aromatic N) is 5. The highest BCUT2D eigenvalue weighted by Crippen LogP contribution is 2.44. The minimum Gasteiger partial charge on any atom is -0.369 e. The van der Waals surface area contributed by atoms with Gasteiger partial charge in [-0.05, 0) is 30.2 Å². The van der Waals surface area contributed by atoms with Crippen molar-refractivity contribution in [1.82, 2.24) is 25.6 Å². The Morgan fingerprint density at radius 2 is 1.77 bits per heavy atom. The number of fused-ring (bicyclic) bond motifs is 1. The molecule has 5 amide bonds. The van der Waals surface area contributed by atoms with E-state index in [0.29, 0.717) is 24.3 Å². The summed E-state index contributed by atoms with van der Waals surface area (Å²) in [6.45, 7) is 2.10. The number of hydrazine groups is 1. The highest BCUT2D eigenvalue weighted by molar-refractivity contribution is 6.23. The summed E-state index contributed by atoms with van der Waals surface area (Å²) in [5, 5.41) is 15.5. The van der Waals surface area contributed by atoms with Gasteiger partial charge in [0.25, 0.3) is 11.8 Å². The zero-order chi connectivity index (χ0) is 34.3. The van der Waals surface area contributed by atoms with Crippen molar-refractivity contribution in [2.45, 2.75) is 38.0 Å². The number of anilines is 1. The molecular weight excluding hydrogens is 631 g/mol. The fourth-order valence-electron chi connectivity index (χ4n) is 6.16. The molecule has 2 N–H and O–H groups in total. The zero-order valence-corrected chi connectivity index (χ0v) is 25.5. The molecule has 15 heteroatoms. The van der Waals surface area contributed by atoms with Crippen molar-refractivity contribution in [3.8, 4) is 18.2 Å². The topological polar surface area (TPSA) is 146 Å². The number of imide groups is 2. The predicted octanol–water partition coefficient (Wildman–Crippen LogP) is 2.44. The third kappa shape index (κ3) is 5.90. The molecule has 4 aliphatic heterocycles. The molecule has 12 nitrogen and oxygen atoms in total. The monoisotopic (exact) mass is 659 g/mol. The van der Waals surface area contributed by atoms with Gasteiger partial charge in [0.05, 0.1) is 35.1 Å². The average molecular weight is 660 g/mol. The van der Waals surface area contributed by atoms with E-state index in [4.69, 9.17) is 5.26 Å². The smallest absolute Gasteiger partial charge is 0.369 e. The van der Waals surface area contributed by atoms with Crippen LogP contribution in [-0.2, 0) is 14.4 Å². The minimum atomic E-state index is -4.69. The van der Waals surface area contributed by atoms with Gasteiger partial charge < -0.3 is 4.90 Å². The van der Waals surface area contributed by atoms with Gasteiger partial charge in [0.1, 0.15) is 12.1 Å². The lowest BCUT2D eigenvalue weighted by atomic mass is 9.98. The number of piperidine rings is 1. The van der Waals surface area contributed by atoms with Crippen LogP contribution in [-0.4, -0.2) is 76.3 Å². The maximum Gasteiger partial charge on any atom is 0.416 e. The predicted molar refractivity (Wildman–Crippen MR) is 161 cm³/mol. The van der Waals surface area contributed by atoms with E-state index in [0.717, 1.165) is 11.1 Å². The van der Waals surface area contributed by atoms with Crippen molar-refractivity contribution >= 4 is 35.2 Å². The molecule has 0 aliphatic carbocycles. The van der Waals surface area contributed by atoms with Crippen LogP contribution in [0.3, 0.4) is 0 Å².